The zero-order chi connectivity index (χ0) is 12.5. The summed E-state index contributed by atoms with van der Waals surface area (Å²) in [7, 11) is 0. The van der Waals surface area contributed by atoms with Crippen LogP contribution in [0.3, 0.4) is 0 Å². The number of esters is 1. The van der Waals surface area contributed by atoms with Gasteiger partial charge in [-0.05, 0) is 30.7 Å². The molecule has 0 unspecified atom stereocenters. The van der Waals surface area contributed by atoms with Crippen LogP contribution in [-0.4, -0.2) is 11.1 Å². The Morgan fingerprint density at radius 3 is 2.33 bits per heavy atom. The van der Waals surface area contributed by atoms with E-state index in [1.807, 2.05) is 0 Å². The van der Waals surface area contributed by atoms with Crippen molar-refractivity contribution in [1.29, 1.82) is 0 Å². The van der Waals surface area contributed by atoms with Gasteiger partial charge in [0.2, 0.25) is 0 Å². The molecule has 0 saturated heterocycles. The van der Waals surface area contributed by atoms with E-state index in [1.54, 1.807) is 12.1 Å². The maximum absolute atomic E-state index is 11.4. The van der Waals surface area contributed by atoms with Gasteiger partial charge in [-0.15, -0.1) is 0 Å². The zero-order valence-corrected chi connectivity index (χ0v) is 11.0. The number of aromatic hydroxyl groups is 1. The first-order chi connectivity index (χ1) is 8.22. The van der Waals surface area contributed by atoms with Gasteiger partial charge in [0, 0.05) is 6.42 Å². The summed E-state index contributed by atoms with van der Waals surface area (Å²) < 4.78 is 5.13. The van der Waals surface area contributed by atoms with Gasteiger partial charge in [-0.25, -0.2) is 0 Å². The Kier molecular flexibility index (Phi) is 8.66. The third-order valence-electron chi connectivity index (χ3n) is 2.55. The summed E-state index contributed by atoms with van der Waals surface area (Å²) in [5.41, 5.74) is 0. The van der Waals surface area contributed by atoms with Gasteiger partial charge >= 0.3 is 5.97 Å². The summed E-state index contributed by atoms with van der Waals surface area (Å²) in [5, 5.41) is 9.07. The molecule has 1 aromatic carbocycles. The standard InChI is InChI=1S/C14H20O3.H3N/c1-2-3-4-5-6-7-14(16)17-13-10-8-12(15)9-11-13;/h8-11,15H,2-7H2,1H3;1H3. The Morgan fingerprint density at radius 2 is 1.72 bits per heavy atom. The van der Waals surface area contributed by atoms with Crippen LogP contribution in [0.1, 0.15) is 45.4 Å². The monoisotopic (exact) mass is 253 g/mol. The molecule has 102 valence electrons. The molecule has 0 saturated carbocycles. The van der Waals surface area contributed by atoms with Gasteiger partial charge in [0.1, 0.15) is 11.5 Å². The van der Waals surface area contributed by atoms with E-state index >= 15 is 0 Å². The van der Waals surface area contributed by atoms with Crippen LogP contribution in [-0.2, 0) is 4.79 Å². The Bertz CT molecular complexity index is 335. The van der Waals surface area contributed by atoms with Crippen molar-refractivity contribution < 1.29 is 14.6 Å². The number of hydrogen-bond donors (Lipinski definition) is 2. The molecule has 0 aliphatic rings. The Labute approximate surface area is 109 Å². The van der Waals surface area contributed by atoms with Crippen LogP contribution in [0.5, 0.6) is 11.5 Å². The van der Waals surface area contributed by atoms with Gasteiger partial charge in [-0.1, -0.05) is 32.6 Å². The van der Waals surface area contributed by atoms with Crippen molar-refractivity contribution in [2.24, 2.45) is 0 Å². The van der Waals surface area contributed by atoms with E-state index in [1.165, 1.54) is 31.4 Å². The Balaban J connectivity index is 0.00000289. The summed E-state index contributed by atoms with van der Waals surface area (Å²) in [6, 6.07) is 6.18. The quantitative estimate of drug-likeness (QED) is 0.439. The molecule has 0 fully saturated rings. The average molecular weight is 253 g/mol. The highest BCUT2D eigenvalue weighted by molar-refractivity contribution is 5.72. The van der Waals surface area contributed by atoms with E-state index in [9.17, 15) is 4.79 Å². The van der Waals surface area contributed by atoms with E-state index in [-0.39, 0.29) is 17.9 Å². The second-order valence-corrected chi connectivity index (χ2v) is 4.13. The minimum atomic E-state index is -0.202. The van der Waals surface area contributed by atoms with Crippen molar-refractivity contribution >= 4 is 5.97 Å². The fourth-order valence-corrected chi connectivity index (χ4v) is 1.57. The van der Waals surface area contributed by atoms with Crippen LogP contribution in [0.2, 0.25) is 0 Å². The molecule has 0 spiro atoms. The summed E-state index contributed by atoms with van der Waals surface area (Å²) >= 11 is 0. The third kappa shape index (κ3) is 6.91. The maximum Gasteiger partial charge on any atom is 0.311 e. The van der Waals surface area contributed by atoms with Crippen LogP contribution in [0.25, 0.3) is 0 Å². The van der Waals surface area contributed by atoms with Crippen LogP contribution < -0.4 is 10.9 Å². The highest BCUT2D eigenvalue weighted by atomic mass is 16.5. The minimum absolute atomic E-state index is 0. The molecule has 0 aliphatic carbocycles. The largest absolute Gasteiger partial charge is 0.508 e. The number of unbranched alkanes of at least 4 members (excludes halogenated alkanes) is 4. The predicted octanol–water partition coefficient (Wildman–Crippen LogP) is 3.82. The lowest BCUT2D eigenvalue weighted by Gasteiger charge is -2.04. The zero-order valence-electron chi connectivity index (χ0n) is 11.0. The van der Waals surface area contributed by atoms with Gasteiger partial charge in [0.05, 0.1) is 0 Å². The summed E-state index contributed by atoms with van der Waals surface area (Å²) in [5.74, 6) is 0.456. The van der Waals surface area contributed by atoms with Crippen molar-refractivity contribution in [3.8, 4) is 11.5 Å². The Hall–Kier alpha value is -1.55. The number of benzene rings is 1. The second-order valence-electron chi connectivity index (χ2n) is 4.13. The predicted molar refractivity (Wildman–Crippen MR) is 72.1 cm³/mol. The van der Waals surface area contributed by atoms with Gasteiger partial charge in [-0.3, -0.25) is 4.79 Å². The number of ether oxygens (including phenoxy) is 1. The summed E-state index contributed by atoms with van der Waals surface area (Å²) in [6.07, 6.45) is 6.05. The Morgan fingerprint density at radius 1 is 1.11 bits per heavy atom. The number of carbonyl (C=O) groups is 1. The third-order valence-corrected chi connectivity index (χ3v) is 2.55. The molecule has 0 radical (unpaired) electrons. The number of carbonyl (C=O) groups excluding carboxylic acids is 1. The van der Waals surface area contributed by atoms with Gasteiger partial charge < -0.3 is 16.0 Å². The fourth-order valence-electron chi connectivity index (χ4n) is 1.57. The second kappa shape index (κ2) is 9.48. The SMILES string of the molecule is CCCCCCCC(=O)Oc1ccc(O)cc1.N. The van der Waals surface area contributed by atoms with Gasteiger partial charge in [0.15, 0.2) is 0 Å². The molecule has 0 atom stereocenters. The lowest BCUT2D eigenvalue weighted by molar-refractivity contribution is -0.134. The highest BCUT2D eigenvalue weighted by Gasteiger charge is 2.04. The number of phenols is 1. The van der Waals surface area contributed by atoms with Crippen molar-refractivity contribution in [2.45, 2.75) is 45.4 Å². The topological polar surface area (TPSA) is 81.5 Å². The van der Waals surface area contributed by atoms with Gasteiger partial charge in [0.25, 0.3) is 0 Å². The molecule has 1 aromatic rings. The van der Waals surface area contributed by atoms with Crippen molar-refractivity contribution in [3.63, 3.8) is 0 Å². The molecule has 0 aromatic heterocycles. The molecule has 1 rings (SSSR count). The minimum Gasteiger partial charge on any atom is -0.508 e. The summed E-state index contributed by atoms with van der Waals surface area (Å²) in [4.78, 5) is 11.4. The first kappa shape index (κ1) is 16.4. The van der Waals surface area contributed by atoms with Crippen LogP contribution in [0.15, 0.2) is 24.3 Å². The lowest BCUT2D eigenvalue weighted by Crippen LogP contribution is -2.07. The molecule has 0 heterocycles. The smallest absolute Gasteiger partial charge is 0.311 e. The highest BCUT2D eigenvalue weighted by Crippen LogP contribution is 2.16. The van der Waals surface area contributed by atoms with Gasteiger partial charge in [-0.2, -0.15) is 0 Å². The number of hydrogen-bond acceptors (Lipinski definition) is 4. The van der Waals surface area contributed by atoms with Crippen molar-refractivity contribution in [2.75, 3.05) is 0 Å². The normalized spacial score (nSPS) is 9.61. The van der Waals surface area contributed by atoms with Crippen LogP contribution in [0, 0.1) is 0 Å². The molecule has 0 aliphatic heterocycles. The van der Waals surface area contributed by atoms with E-state index < -0.39 is 0 Å². The van der Waals surface area contributed by atoms with E-state index in [0.717, 1.165) is 12.8 Å². The van der Waals surface area contributed by atoms with E-state index in [2.05, 4.69) is 6.92 Å². The van der Waals surface area contributed by atoms with Crippen LogP contribution >= 0.6 is 0 Å². The van der Waals surface area contributed by atoms with Crippen molar-refractivity contribution in [3.05, 3.63) is 24.3 Å². The number of rotatable bonds is 7. The molecule has 0 amide bonds. The molecule has 0 bridgehead atoms. The number of phenolic OH excluding ortho intramolecular Hbond substituents is 1. The first-order valence-electron chi connectivity index (χ1n) is 6.22. The lowest BCUT2D eigenvalue weighted by atomic mass is 10.1. The molecule has 4 nitrogen and oxygen atoms in total. The van der Waals surface area contributed by atoms with Crippen LogP contribution in [0.4, 0.5) is 0 Å². The molecule has 4 heteroatoms. The average Bonchev–Trinajstić information content (AvgIpc) is 2.32. The van der Waals surface area contributed by atoms with E-state index in [0.29, 0.717) is 12.2 Å². The van der Waals surface area contributed by atoms with E-state index in [4.69, 9.17) is 9.84 Å². The molecule has 4 N–H and O–H groups in total. The maximum atomic E-state index is 11.4. The molecule has 18 heavy (non-hydrogen) atoms. The van der Waals surface area contributed by atoms with Crippen molar-refractivity contribution in [1.82, 2.24) is 6.15 Å². The molecular formula is C14H23NO3. The summed E-state index contributed by atoms with van der Waals surface area (Å²) in [6.45, 7) is 2.17. The first-order valence-corrected chi connectivity index (χ1v) is 6.22. The fraction of sp³-hybridized carbons (Fsp3) is 0.500. The molecular weight excluding hydrogens is 230 g/mol.